The Hall–Kier alpha value is -3.38. The van der Waals surface area contributed by atoms with Crippen LogP contribution >= 0.6 is 0 Å². The summed E-state index contributed by atoms with van der Waals surface area (Å²) in [4.78, 5) is 25.7. The Labute approximate surface area is 206 Å². The molecule has 2 N–H and O–H groups in total. The number of fused-ring (bicyclic) bond motifs is 1. The van der Waals surface area contributed by atoms with Gasteiger partial charge in [0.15, 0.2) is 0 Å². The average molecular weight is 475 g/mol. The van der Waals surface area contributed by atoms with Gasteiger partial charge in [0.25, 0.3) is 5.56 Å². The second-order valence-corrected chi connectivity index (χ2v) is 9.36. The highest BCUT2D eigenvalue weighted by molar-refractivity contribution is 5.75. The lowest BCUT2D eigenvalue weighted by Gasteiger charge is -2.24. The standard InChI is InChI=1S/C29H34N2O4/c1-3-4-10-25(18-30-27(29(33)34)23-11-12-26-22(17-23)13-14-35-26)31-19-20(2)15-24(28(31)32)16-21-8-6-5-7-9-21/h5-9,11-12,15,17,19,25,27,30H,3-4,10,13-14,16,18H2,1-2H3,(H,33,34)/t25?,27-/m1/s1. The number of nitrogens with zero attached hydrogens (tertiary/aromatic N) is 1. The summed E-state index contributed by atoms with van der Waals surface area (Å²) < 4.78 is 7.38. The van der Waals surface area contributed by atoms with Gasteiger partial charge in [-0.1, -0.05) is 56.2 Å². The Morgan fingerprint density at radius 2 is 1.97 bits per heavy atom. The summed E-state index contributed by atoms with van der Waals surface area (Å²) in [5.74, 6) is -0.101. The first-order chi connectivity index (χ1) is 17.0. The molecule has 1 unspecified atom stereocenters. The molecule has 6 nitrogen and oxygen atoms in total. The van der Waals surface area contributed by atoms with E-state index >= 15 is 0 Å². The van der Waals surface area contributed by atoms with E-state index in [0.717, 1.165) is 53.7 Å². The monoisotopic (exact) mass is 474 g/mol. The van der Waals surface area contributed by atoms with Gasteiger partial charge in [-0.2, -0.15) is 0 Å². The SMILES string of the molecule is CCCCC(CN[C@@H](C(=O)O)c1ccc2c(c1)CCO2)n1cc(C)cc(Cc2ccccc2)c1=O. The van der Waals surface area contributed by atoms with Gasteiger partial charge in [0.1, 0.15) is 11.8 Å². The minimum Gasteiger partial charge on any atom is -0.493 e. The molecule has 2 aromatic carbocycles. The quantitative estimate of drug-likeness (QED) is 0.416. The predicted molar refractivity (Wildman–Crippen MR) is 137 cm³/mol. The Balaban J connectivity index is 1.59. The highest BCUT2D eigenvalue weighted by atomic mass is 16.5. The van der Waals surface area contributed by atoms with E-state index in [1.54, 1.807) is 0 Å². The number of aryl methyl sites for hydroxylation is 1. The summed E-state index contributed by atoms with van der Waals surface area (Å²) in [5, 5.41) is 13.2. The van der Waals surface area contributed by atoms with E-state index in [0.29, 0.717) is 25.1 Å². The third-order valence-electron chi connectivity index (χ3n) is 6.63. The van der Waals surface area contributed by atoms with Gasteiger partial charge in [-0.25, -0.2) is 0 Å². The molecule has 0 spiro atoms. The van der Waals surface area contributed by atoms with Gasteiger partial charge in [0.2, 0.25) is 0 Å². The molecule has 2 heterocycles. The molecule has 0 saturated heterocycles. The van der Waals surface area contributed by atoms with Gasteiger partial charge in [-0.05, 0) is 53.8 Å². The molecule has 1 aliphatic rings. The fourth-order valence-corrected chi connectivity index (χ4v) is 4.80. The maximum Gasteiger partial charge on any atom is 0.325 e. The molecule has 0 aliphatic carbocycles. The number of aliphatic carboxylic acids is 1. The first kappa shape index (κ1) is 24.7. The summed E-state index contributed by atoms with van der Waals surface area (Å²) in [7, 11) is 0. The molecule has 0 saturated carbocycles. The zero-order valence-electron chi connectivity index (χ0n) is 20.5. The van der Waals surface area contributed by atoms with E-state index in [2.05, 4.69) is 12.2 Å². The highest BCUT2D eigenvalue weighted by Crippen LogP contribution is 2.28. The van der Waals surface area contributed by atoms with Crippen molar-refractivity contribution in [2.45, 2.75) is 58.0 Å². The lowest BCUT2D eigenvalue weighted by Crippen LogP contribution is -2.37. The molecule has 1 aromatic heterocycles. The molecule has 4 rings (SSSR count). The second kappa shape index (κ2) is 11.4. The summed E-state index contributed by atoms with van der Waals surface area (Å²) in [6.45, 7) is 5.14. The number of carboxylic acid groups (broad SMARTS) is 1. The van der Waals surface area contributed by atoms with Crippen molar-refractivity contribution in [1.82, 2.24) is 9.88 Å². The Kier molecular flexibility index (Phi) is 8.03. The van der Waals surface area contributed by atoms with Crippen molar-refractivity contribution in [3.05, 3.63) is 99.0 Å². The van der Waals surface area contributed by atoms with Crippen LogP contribution in [-0.2, 0) is 17.6 Å². The molecule has 35 heavy (non-hydrogen) atoms. The number of carboxylic acids is 1. The van der Waals surface area contributed by atoms with E-state index in [4.69, 9.17) is 4.74 Å². The smallest absolute Gasteiger partial charge is 0.325 e. The zero-order valence-corrected chi connectivity index (χ0v) is 20.5. The maximum absolute atomic E-state index is 13.5. The molecular weight excluding hydrogens is 440 g/mol. The van der Waals surface area contributed by atoms with Crippen LogP contribution in [0.4, 0.5) is 0 Å². The normalized spacial score (nSPS) is 14.2. The van der Waals surface area contributed by atoms with Crippen LogP contribution in [0, 0.1) is 6.92 Å². The van der Waals surface area contributed by atoms with Crippen LogP contribution in [0.25, 0.3) is 0 Å². The predicted octanol–water partition coefficient (Wildman–Crippen LogP) is 4.83. The van der Waals surface area contributed by atoms with Crippen LogP contribution < -0.4 is 15.6 Å². The summed E-state index contributed by atoms with van der Waals surface area (Å²) in [6, 6.07) is 16.5. The van der Waals surface area contributed by atoms with Gasteiger partial charge in [-0.3, -0.25) is 14.9 Å². The van der Waals surface area contributed by atoms with Crippen LogP contribution in [0.2, 0.25) is 0 Å². The molecule has 1 aliphatic heterocycles. The second-order valence-electron chi connectivity index (χ2n) is 9.36. The third-order valence-corrected chi connectivity index (χ3v) is 6.63. The van der Waals surface area contributed by atoms with Crippen molar-refractivity contribution in [3.63, 3.8) is 0 Å². The minimum atomic E-state index is -0.931. The number of unbranched alkanes of at least 4 members (excludes halogenated alkanes) is 1. The molecule has 0 radical (unpaired) electrons. The number of rotatable bonds is 11. The van der Waals surface area contributed by atoms with Gasteiger partial charge in [-0.15, -0.1) is 0 Å². The van der Waals surface area contributed by atoms with Crippen LogP contribution in [0.3, 0.4) is 0 Å². The summed E-state index contributed by atoms with van der Waals surface area (Å²) in [6.07, 6.45) is 6.01. The summed E-state index contributed by atoms with van der Waals surface area (Å²) in [5.41, 5.74) is 4.60. The average Bonchev–Trinajstić information content (AvgIpc) is 3.32. The van der Waals surface area contributed by atoms with Crippen molar-refractivity contribution in [3.8, 4) is 5.75 Å². The number of carbonyl (C=O) groups is 1. The molecule has 6 heteroatoms. The number of hydrogen-bond donors (Lipinski definition) is 2. The fourth-order valence-electron chi connectivity index (χ4n) is 4.80. The Morgan fingerprint density at radius 3 is 2.71 bits per heavy atom. The number of pyridine rings is 1. The van der Waals surface area contributed by atoms with Gasteiger partial charge >= 0.3 is 5.97 Å². The number of hydrogen-bond acceptors (Lipinski definition) is 4. The van der Waals surface area contributed by atoms with E-state index < -0.39 is 12.0 Å². The van der Waals surface area contributed by atoms with Gasteiger partial charge in [0, 0.05) is 37.2 Å². The molecule has 0 bridgehead atoms. The lowest BCUT2D eigenvalue weighted by molar-refractivity contribution is -0.139. The van der Waals surface area contributed by atoms with Crippen molar-refractivity contribution in [2.75, 3.05) is 13.2 Å². The first-order valence-electron chi connectivity index (χ1n) is 12.4. The fraction of sp³-hybridized carbons (Fsp3) is 0.379. The van der Waals surface area contributed by atoms with Crippen molar-refractivity contribution < 1.29 is 14.6 Å². The van der Waals surface area contributed by atoms with Gasteiger partial charge < -0.3 is 14.4 Å². The number of aromatic nitrogens is 1. The highest BCUT2D eigenvalue weighted by Gasteiger charge is 2.24. The van der Waals surface area contributed by atoms with Crippen LogP contribution in [-0.4, -0.2) is 28.8 Å². The lowest BCUT2D eigenvalue weighted by atomic mass is 10.0. The Morgan fingerprint density at radius 1 is 1.17 bits per heavy atom. The van der Waals surface area contributed by atoms with E-state index in [1.165, 1.54) is 0 Å². The van der Waals surface area contributed by atoms with Crippen LogP contribution in [0.15, 0.2) is 65.6 Å². The molecule has 184 valence electrons. The topological polar surface area (TPSA) is 80.6 Å². The Bertz CT molecular complexity index is 1220. The molecule has 3 aromatic rings. The zero-order chi connectivity index (χ0) is 24.8. The first-order valence-corrected chi connectivity index (χ1v) is 12.4. The molecule has 0 fully saturated rings. The molecule has 2 atom stereocenters. The molecular formula is C29H34N2O4. The van der Waals surface area contributed by atoms with Crippen molar-refractivity contribution in [2.24, 2.45) is 0 Å². The van der Waals surface area contributed by atoms with Crippen molar-refractivity contribution >= 4 is 5.97 Å². The number of benzene rings is 2. The largest absolute Gasteiger partial charge is 0.493 e. The minimum absolute atomic E-state index is 0.0103. The van der Waals surface area contributed by atoms with E-state index in [1.807, 2.05) is 72.3 Å². The number of nitrogens with one attached hydrogen (secondary N) is 1. The van der Waals surface area contributed by atoms with Crippen LogP contribution in [0.1, 0.15) is 66.1 Å². The molecule has 0 amide bonds. The van der Waals surface area contributed by atoms with Crippen molar-refractivity contribution in [1.29, 1.82) is 0 Å². The van der Waals surface area contributed by atoms with Gasteiger partial charge in [0.05, 0.1) is 6.61 Å². The third kappa shape index (κ3) is 6.01. The maximum atomic E-state index is 13.5. The summed E-state index contributed by atoms with van der Waals surface area (Å²) >= 11 is 0. The number of ether oxygens (including phenoxy) is 1. The van der Waals surface area contributed by atoms with E-state index in [-0.39, 0.29) is 11.6 Å². The van der Waals surface area contributed by atoms with E-state index in [9.17, 15) is 14.7 Å². The van der Waals surface area contributed by atoms with Crippen LogP contribution in [0.5, 0.6) is 5.75 Å².